The molecule has 3 N–H and O–H groups in total. The maximum absolute atomic E-state index is 13.1. The zero-order valence-electron chi connectivity index (χ0n) is 20.4. The lowest BCUT2D eigenvalue weighted by Gasteiger charge is -2.17. The number of para-hydroxylation sites is 1. The van der Waals surface area contributed by atoms with Crippen LogP contribution >= 0.6 is 11.8 Å². The highest BCUT2D eigenvalue weighted by Crippen LogP contribution is 2.38. The summed E-state index contributed by atoms with van der Waals surface area (Å²) in [5, 5.41) is 5.59. The maximum atomic E-state index is 13.1. The molecule has 0 spiro atoms. The van der Waals surface area contributed by atoms with Crippen LogP contribution in [0.25, 0.3) is 21.8 Å². The number of rotatable bonds is 8. The van der Waals surface area contributed by atoms with Gasteiger partial charge in [0.15, 0.2) is 0 Å². The van der Waals surface area contributed by atoms with Crippen molar-refractivity contribution >= 4 is 45.2 Å². The third kappa shape index (κ3) is 4.87. The Morgan fingerprint density at radius 2 is 1.49 bits per heavy atom. The number of thioether (sulfide) groups is 1. The minimum atomic E-state index is 0.0468. The molecule has 4 nitrogen and oxygen atoms in total. The van der Waals surface area contributed by atoms with E-state index in [-0.39, 0.29) is 11.8 Å². The number of anilines is 1. The number of H-pyrrole nitrogens is 2. The number of fused-ring (bicyclic) bond motifs is 2. The van der Waals surface area contributed by atoms with Gasteiger partial charge >= 0.3 is 0 Å². The van der Waals surface area contributed by atoms with Gasteiger partial charge in [-0.1, -0.05) is 43.3 Å². The molecule has 2 heterocycles. The fourth-order valence-corrected chi connectivity index (χ4v) is 5.68. The van der Waals surface area contributed by atoms with Crippen LogP contribution in [0.2, 0.25) is 0 Å². The van der Waals surface area contributed by atoms with Crippen LogP contribution in [-0.4, -0.2) is 21.6 Å². The average molecular weight is 482 g/mol. The van der Waals surface area contributed by atoms with Crippen LogP contribution in [0, 0.1) is 13.8 Å². The van der Waals surface area contributed by atoms with E-state index in [9.17, 15) is 4.79 Å². The predicted molar refractivity (Wildman–Crippen MR) is 149 cm³/mol. The van der Waals surface area contributed by atoms with Gasteiger partial charge in [0.2, 0.25) is 5.91 Å². The molecule has 5 rings (SSSR count). The van der Waals surface area contributed by atoms with Gasteiger partial charge < -0.3 is 15.3 Å². The van der Waals surface area contributed by atoms with E-state index >= 15 is 0 Å². The number of hydrogen-bond acceptors (Lipinski definition) is 2. The van der Waals surface area contributed by atoms with Crippen molar-refractivity contribution in [3.63, 3.8) is 0 Å². The quantitative estimate of drug-likeness (QED) is 0.197. The van der Waals surface area contributed by atoms with Gasteiger partial charge in [-0.2, -0.15) is 0 Å². The standard InChI is InChI=1S/C30H31N3OS/c1-4-35-29-8-6-5-7-26(29)33-30(34)14-13-21(24-17-31-27-15-19(2)9-11-22(24)27)25-18-32-28-16-20(3)10-12-23(25)28/h5-12,15-18,21,31-32H,4,13-14H2,1-3H3,(H,33,34). The minimum Gasteiger partial charge on any atom is -0.361 e. The van der Waals surface area contributed by atoms with Crippen LogP contribution in [0.1, 0.15) is 47.9 Å². The van der Waals surface area contributed by atoms with Crippen molar-refractivity contribution in [2.45, 2.75) is 44.4 Å². The van der Waals surface area contributed by atoms with Crippen molar-refractivity contribution in [1.29, 1.82) is 0 Å². The van der Waals surface area contributed by atoms with E-state index in [4.69, 9.17) is 0 Å². The van der Waals surface area contributed by atoms with E-state index in [1.807, 2.05) is 18.2 Å². The number of amides is 1. The molecule has 5 heteroatoms. The third-order valence-electron chi connectivity index (χ3n) is 6.61. The van der Waals surface area contributed by atoms with Gasteiger partial charge in [-0.15, -0.1) is 11.8 Å². The molecule has 2 aromatic heterocycles. The van der Waals surface area contributed by atoms with Crippen LogP contribution in [0.4, 0.5) is 5.69 Å². The molecule has 3 aromatic carbocycles. The van der Waals surface area contributed by atoms with Crippen LogP contribution in [0.3, 0.4) is 0 Å². The monoisotopic (exact) mass is 481 g/mol. The number of nitrogens with one attached hydrogen (secondary N) is 3. The van der Waals surface area contributed by atoms with E-state index in [2.05, 4.69) is 90.9 Å². The van der Waals surface area contributed by atoms with Gasteiger partial charge in [0.05, 0.1) is 5.69 Å². The van der Waals surface area contributed by atoms with Crippen molar-refractivity contribution in [2.24, 2.45) is 0 Å². The van der Waals surface area contributed by atoms with Crippen molar-refractivity contribution < 1.29 is 4.79 Å². The molecular weight excluding hydrogens is 450 g/mol. The molecule has 0 radical (unpaired) electrons. The molecule has 35 heavy (non-hydrogen) atoms. The highest BCUT2D eigenvalue weighted by molar-refractivity contribution is 7.99. The Balaban J connectivity index is 1.46. The lowest BCUT2D eigenvalue weighted by molar-refractivity contribution is -0.116. The number of carbonyl (C=O) groups is 1. The molecule has 0 fully saturated rings. The molecule has 0 aliphatic heterocycles. The van der Waals surface area contributed by atoms with E-state index in [1.54, 1.807) is 11.8 Å². The fraction of sp³-hybridized carbons (Fsp3) is 0.233. The molecule has 0 unspecified atom stereocenters. The Hall–Kier alpha value is -3.44. The van der Waals surface area contributed by atoms with Gasteiger partial charge in [0, 0.05) is 51.4 Å². The first-order valence-electron chi connectivity index (χ1n) is 12.2. The number of aromatic nitrogens is 2. The predicted octanol–water partition coefficient (Wildman–Crippen LogP) is 7.93. The minimum absolute atomic E-state index is 0.0468. The first-order valence-corrected chi connectivity index (χ1v) is 13.2. The SMILES string of the molecule is CCSc1ccccc1NC(=O)CCC(c1c[nH]c2cc(C)ccc12)c1c[nH]c2cc(C)ccc12. The molecule has 0 atom stereocenters. The summed E-state index contributed by atoms with van der Waals surface area (Å²) >= 11 is 1.75. The molecule has 5 aromatic rings. The van der Waals surface area contributed by atoms with Gasteiger partial charge in [0.25, 0.3) is 0 Å². The van der Waals surface area contributed by atoms with Gasteiger partial charge in [0.1, 0.15) is 0 Å². The second kappa shape index (κ2) is 10.0. The largest absolute Gasteiger partial charge is 0.361 e. The maximum Gasteiger partial charge on any atom is 0.224 e. The van der Waals surface area contributed by atoms with E-state index in [1.165, 1.54) is 33.0 Å². The summed E-state index contributed by atoms with van der Waals surface area (Å²) in [6, 6.07) is 21.1. The number of aryl methyl sites for hydroxylation is 2. The summed E-state index contributed by atoms with van der Waals surface area (Å²) in [5.74, 6) is 1.11. The lowest BCUT2D eigenvalue weighted by Crippen LogP contribution is -2.14. The number of carbonyl (C=O) groups excluding carboxylic acids is 1. The van der Waals surface area contributed by atoms with Crippen molar-refractivity contribution in [3.8, 4) is 0 Å². The first kappa shape index (κ1) is 23.3. The molecule has 1 amide bonds. The number of aromatic amines is 2. The second-order valence-corrected chi connectivity index (χ2v) is 10.5. The summed E-state index contributed by atoms with van der Waals surface area (Å²) in [4.78, 5) is 21.1. The third-order valence-corrected chi connectivity index (χ3v) is 7.57. The first-order chi connectivity index (χ1) is 17.0. The fourth-order valence-electron chi connectivity index (χ4n) is 4.92. The normalized spacial score (nSPS) is 11.5. The Bertz CT molecular complexity index is 1420. The Morgan fingerprint density at radius 1 is 0.886 bits per heavy atom. The molecule has 0 aliphatic rings. The summed E-state index contributed by atoms with van der Waals surface area (Å²) in [6.45, 7) is 6.34. The van der Waals surface area contributed by atoms with Crippen molar-refractivity contribution in [1.82, 2.24) is 9.97 Å². The molecular formula is C30H31N3OS. The highest BCUT2D eigenvalue weighted by atomic mass is 32.2. The van der Waals surface area contributed by atoms with Crippen LogP contribution in [0.15, 0.2) is 78.0 Å². The van der Waals surface area contributed by atoms with E-state index in [0.717, 1.165) is 33.8 Å². The Morgan fingerprint density at radius 3 is 2.09 bits per heavy atom. The van der Waals surface area contributed by atoms with E-state index < -0.39 is 0 Å². The number of benzene rings is 3. The summed E-state index contributed by atoms with van der Waals surface area (Å²) < 4.78 is 0. The highest BCUT2D eigenvalue weighted by Gasteiger charge is 2.22. The van der Waals surface area contributed by atoms with Crippen LogP contribution < -0.4 is 5.32 Å². The van der Waals surface area contributed by atoms with Gasteiger partial charge in [-0.05, 0) is 72.5 Å². The topological polar surface area (TPSA) is 60.7 Å². The second-order valence-electron chi connectivity index (χ2n) is 9.15. The van der Waals surface area contributed by atoms with Gasteiger partial charge in [-0.25, -0.2) is 0 Å². The van der Waals surface area contributed by atoms with Crippen molar-refractivity contribution in [2.75, 3.05) is 11.1 Å². The molecule has 178 valence electrons. The molecule has 0 saturated heterocycles. The lowest BCUT2D eigenvalue weighted by atomic mass is 9.86. The Labute approximate surface area is 210 Å². The summed E-state index contributed by atoms with van der Waals surface area (Å²) in [7, 11) is 0. The van der Waals surface area contributed by atoms with Crippen LogP contribution in [-0.2, 0) is 4.79 Å². The zero-order valence-corrected chi connectivity index (χ0v) is 21.3. The van der Waals surface area contributed by atoms with E-state index in [0.29, 0.717) is 6.42 Å². The average Bonchev–Trinajstić information content (AvgIpc) is 3.45. The molecule has 0 bridgehead atoms. The van der Waals surface area contributed by atoms with Crippen LogP contribution in [0.5, 0.6) is 0 Å². The summed E-state index contributed by atoms with van der Waals surface area (Å²) in [6.07, 6.45) is 5.39. The molecule has 0 aliphatic carbocycles. The molecule has 0 saturated carbocycles. The smallest absolute Gasteiger partial charge is 0.224 e. The van der Waals surface area contributed by atoms with Crippen molar-refractivity contribution in [3.05, 3.63) is 95.3 Å². The number of hydrogen-bond donors (Lipinski definition) is 3. The zero-order chi connectivity index (χ0) is 24.4. The Kier molecular flexibility index (Phi) is 6.69. The summed E-state index contributed by atoms with van der Waals surface area (Å²) in [5.41, 5.74) is 8.09. The van der Waals surface area contributed by atoms with Gasteiger partial charge in [-0.3, -0.25) is 4.79 Å².